The highest BCUT2D eigenvalue weighted by Gasteiger charge is 2.16. The number of carboxylic acid groups (broad SMARTS) is 1. The van der Waals surface area contributed by atoms with Crippen LogP contribution < -0.4 is 11.5 Å². The summed E-state index contributed by atoms with van der Waals surface area (Å²) in [6.07, 6.45) is -0.689. The van der Waals surface area contributed by atoms with E-state index in [9.17, 15) is 4.79 Å². The molecule has 0 aromatic rings. The lowest BCUT2D eigenvalue weighted by molar-refractivity contribution is -0.138. The van der Waals surface area contributed by atoms with Crippen molar-refractivity contribution in [1.29, 1.82) is 0 Å². The summed E-state index contributed by atoms with van der Waals surface area (Å²) in [6.45, 7) is 0.314. The minimum absolute atomic E-state index is 0.221. The van der Waals surface area contributed by atoms with Gasteiger partial charge in [-0.05, 0) is 13.0 Å². The minimum atomic E-state index is -1.01. The summed E-state index contributed by atoms with van der Waals surface area (Å²) in [6, 6.07) is -0.712. The van der Waals surface area contributed by atoms with E-state index >= 15 is 0 Å². The number of aliphatic hydroxyl groups excluding tert-OH is 1. The molecule has 0 spiro atoms. The van der Waals surface area contributed by atoms with Crippen LogP contribution in [0.15, 0.2) is 0 Å². The second kappa shape index (κ2) is 5.06. The fourth-order valence-corrected chi connectivity index (χ4v) is 0.723. The molecule has 0 aliphatic heterocycles. The zero-order valence-electron chi connectivity index (χ0n) is 6.23. The number of hydrogen-bond donors (Lipinski definition) is 4. The van der Waals surface area contributed by atoms with E-state index in [4.69, 9.17) is 21.7 Å². The third-order valence-electron chi connectivity index (χ3n) is 1.37. The standard InChI is InChI=1S/C6H14N2O3/c7-2-1-5(9)4(8)3-6(10)11/h4-5,9H,1-3,7-8H2,(H,10,11)/t4-,5+/m1/s1. The predicted octanol–water partition coefficient (Wildman–Crippen LogP) is -1.50. The average molecular weight is 162 g/mol. The summed E-state index contributed by atoms with van der Waals surface area (Å²) in [4.78, 5) is 10.1. The largest absolute Gasteiger partial charge is 0.481 e. The maximum atomic E-state index is 10.1. The van der Waals surface area contributed by atoms with E-state index in [2.05, 4.69) is 0 Å². The van der Waals surface area contributed by atoms with Crippen molar-refractivity contribution in [2.24, 2.45) is 11.5 Å². The van der Waals surface area contributed by atoms with Crippen molar-refractivity contribution < 1.29 is 15.0 Å². The van der Waals surface area contributed by atoms with Gasteiger partial charge >= 0.3 is 5.97 Å². The summed E-state index contributed by atoms with van der Waals surface area (Å²) in [5, 5.41) is 17.4. The Morgan fingerprint density at radius 3 is 2.45 bits per heavy atom. The highest BCUT2D eigenvalue weighted by Crippen LogP contribution is 1.99. The van der Waals surface area contributed by atoms with Crippen LogP contribution in [0.25, 0.3) is 0 Å². The Morgan fingerprint density at radius 1 is 1.55 bits per heavy atom. The van der Waals surface area contributed by atoms with Crippen molar-refractivity contribution in [3.05, 3.63) is 0 Å². The molecule has 5 nitrogen and oxygen atoms in total. The van der Waals surface area contributed by atoms with Gasteiger partial charge in [0.1, 0.15) is 0 Å². The molecule has 0 aromatic carbocycles. The SMILES string of the molecule is NCC[C@H](O)[C@H](N)CC(=O)O. The minimum Gasteiger partial charge on any atom is -0.481 e. The maximum Gasteiger partial charge on any atom is 0.305 e. The highest BCUT2D eigenvalue weighted by molar-refractivity contribution is 5.67. The lowest BCUT2D eigenvalue weighted by atomic mass is 10.1. The fourth-order valence-electron chi connectivity index (χ4n) is 0.723. The quantitative estimate of drug-likeness (QED) is 0.393. The van der Waals surface area contributed by atoms with E-state index in [1.165, 1.54) is 0 Å². The Hall–Kier alpha value is -0.650. The molecule has 0 radical (unpaired) electrons. The molecule has 6 N–H and O–H groups in total. The molecular formula is C6H14N2O3. The Balaban J connectivity index is 3.63. The normalized spacial score (nSPS) is 15.9. The lowest BCUT2D eigenvalue weighted by Crippen LogP contribution is -2.37. The summed E-state index contributed by atoms with van der Waals surface area (Å²) in [5.41, 5.74) is 10.5. The predicted molar refractivity (Wildman–Crippen MR) is 39.9 cm³/mol. The summed E-state index contributed by atoms with van der Waals surface area (Å²) < 4.78 is 0. The first-order chi connectivity index (χ1) is 5.07. The van der Waals surface area contributed by atoms with Gasteiger partial charge in [0.15, 0.2) is 0 Å². The molecular weight excluding hydrogens is 148 g/mol. The Morgan fingerprint density at radius 2 is 2.09 bits per heavy atom. The van der Waals surface area contributed by atoms with Gasteiger partial charge in [-0.3, -0.25) is 4.79 Å². The average Bonchev–Trinajstić information content (AvgIpc) is 1.86. The molecule has 0 amide bonds. The van der Waals surface area contributed by atoms with Gasteiger partial charge in [0.2, 0.25) is 0 Å². The topological polar surface area (TPSA) is 110 Å². The van der Waals surface area contributed by atoms with Crippen LogP contribution >= 0.6 is 0 Å². The molecule has 0 fully saturated rings. The van der Waals surface area contributed by atoms with Crippen LogP contribution in [0.4, 0.5) is 0 Å². The Bertz CT molecular complexity index is 129. The first-order valence-corrected chi connectivity index (χ1v) is 3.43. The molecule has 2 atom stereocenters. The zero-order valence-corrected chi connectivity index (χ0v) is 6.23. The van der Waals surface area contributed by atoms with Crippen LogP contribution in [0.3, 0.4) is 0 Å². The molecule has 0 unspecified atom stereocenters. The van der Waals surface area contributed by atoms with Crippen molar-refractivity contribution in [3.8, 4) is 0 Å². The molecule has 11 heavy (non-hydrogen) atoms. The van der Waals surface area contributed by atoms with Crippen molar-refractivity contribution in [3.63, 3.8) is 0 Å². The van der Waals surface area contributed by atoms with Crippen molar-refractivity contribution in [2.45, 2.75) is 25.0 Å². The van der Waals surface area contributed by atoms with E-state index in [1.807, 2.05) is 0 Å². The van der Waals surface area contributed by atoms with E-state index in [1.54, 1.807) is 0 Å². The second-order valence-corrected chi connectivity index (χ2v) is 2.41. The molecule has 0 bridgehead atoms. The van der Waals surface area contributed by atoms with Crippen molar-refractivity contribution in [1.82, 2.24) is 0 Å². The van der Waals surface area contributed by atoms with Gasteiger partial charge in [0.05, 0.1) is 12.5 Å². The molecule has 5 heteroatoms. The molecule has 0 rings (SSSR count). The van der Waals surface area contributed by atoms with Gasteiger partial charge in [0, 0.05) is 6.04 Å². The Labute approximate surface area is 65.0 Å². The van der Waals surface area contributed by atoms with E-state index in [0.29, 0.717) is 13.0 Å². The van der Waals surface area contributed by atoms with Gasteiger partial charge in [0.25, 0.3) is 0 Å². The van der Waals surface area contributed by atoms with Crippen LogP contribution in [0, 0.1) is 0 Å². The molecule has 0 saturated carbocycles. The zero-order chi connectivity index (χ0) is 8.85. The van der Waals surface area contributed by atoms with Crippen LogP contribution in [0.5, 0.6) is 0 Å². The van der Waals surface area contributed by atoms with Crippen LogP contribution in [-0.2, 0) is 4.79 Å². The molecule has 0 aliphatic rings. The van der Waals surface area contributed by atoms with E-state index < -0.39 is 18.1 Å². The van der Waals surface area contributed by atoms with Crippen molar-refractivity contribution >= 4 is 5.97 Å². The number of nitrogens with two attached hydrogens (primary N) is 2. The summed E-state index contributed by atoms with van der Waals surface area (Å²) >= 11 is 0. The van der Waals surface area contributed by atoms with Gasteiger partial charge in [-0.25, -0.2) is 0 Å². The monoisotopic (exact) mass is 162 g/mol. The molecule has 0 aliphatic carbocycles. The number of aliphatic carboxylic acids is 1. The smallest absolute Gasteiger partial charge is 0.305 e. The third kappa shape index (κ3) is 4.72. The Kier molecular flexibility index (Phi) is 4.76. The van der Waals surface area contributed by atoms with Gasteiger partial charge in [-0.2, -0.15) is 0 Å². The number of aliphatic hydroxyl groups is 1. The van der Waals surface area contributed by atoms with Crippen molar-refractivity contribution in [2.75, 3.05) is 6.54 Å². The maximum absolute atomic E-state index is 10.1. The van der Waals surface area contributed by atoms with Crippen LogP contribution in [-0.4, -0.2) is 34.9 Å². The molecule has 66 valence electrons. The van der Waals surface area contributed by atoms with Crippen LogP contribution in [0.2, 0.25) is 0 Å². The van der Waals surface area contributed by atoms with E-state index in [-0.39, 0.29) is 6.42 Å². The van der Waals surface area contributed by atoms with Crippen LogP contribution in [0.1, 0.15) is 12.8 Å². The third-order valence-corrected chi connectivity index (χ3v) is 1.37. The first-order valence-electron chi connectivity index (χ1n) is 3.43. The number of carbonyl (C=O) groups is 1. The van der Waals surface area contributed by atoms with Gasteiger partial charge in [-0.1, -0.05) is 0 Å². The highest BCUT2D eigenvalue weighted by atomic mass is 16.4. The first kappa shape index (κ1) is 10.3. The van der Waals surface area contributed by atoms with Gasteiger partial charge < -0.3 is 21.7 Å². The van der Waals surface area contributed by atoms with Gasteiger partial charge in [-0.15, -0.1) is 0 Å². The number of carboxylic acids is 1. The summed E-state index contributed by atoms with van der Waals surface area (Å²) in [7, 11) is 0. The molecule has 0 aromatic heterocycles. The number of hydrogen-bond acceptors (Lipinski definition) is 4. The lowest BCUT2D eigenvalue weighted by Gasteiger charge is -2.15. The number of rotatable bonds is 5. The molecule has 0 saturated heterocycles. The summed E-state index contributed by atoms with van der Waals surface area (Å²) in [5.74, 6) is -1.01. The van der Waals surface area contributed by atoms with E-state index in [0.717, 1.165) is 0 Å². The fraction of sp³-hybridized carbons (Fsp3) is 0.833. The molecule has 0 heterocycles. The second-order valence-electron chi connectivity index (χ2n) is 2.41.